The molecule has 0 aliphatic rings. The summed E-state index contributed by atoms with van der Waals surface area (Å²) >= 11 is 0. The standard InChI is InChI=1S/C15H23N5O/c1-8(2)11-7-13(18-14(9(3)4)15(16)21)20-12(17-11)6-10(5)19-20/h6-9,14,18H,1-5H3,(H2,16,21)/t14-/m0/s1. The Kier molecular flexibility index (Phi) is 4.16. The quantitative estimate of drug-likeness (QED) is 0.882. The second kappa shape index (κ2) is 5.71. The molecule has 0 saturated heterocycles. The minimum absolute atomic E-state index is 0.0878. The number of aryl methyl sites for hydroxylation is 1. The second-order valence-electron chi connectivity index (χ2n) is 6.05. The highest BCUT2D eigenvalue weighted by atomic mass is 16.1. The maximum Gasteiger partial charge on any atom is 0.240 e. The summed E-state index contributed by atoms with van der Waals surface area (Å²) in [5, 5.41) is 7.64. The van der Waals surface area contributed by atoms with Gasteiger partial charge in [-0.2, -0.15) is 9.61 Å². The third-order valence-electron chi connectivity index (χ3n) is 3.44. The van der Waals surface area contributed by atoms with Crippen molar-refractivity contribution in [2.24, 2.45) is 11.7 Å². The van der Waals surface area contributed by atoms with Crippen LogP contribution in [0.1, 0.15) is 45.0 Å². The lowest BCUT2D eigenvalue weighted by atomic mass is 10.0. The maximum atomic E-state index is 11.6. The van der Waals surface area contributed by atoms with Gasteiger partial charge in [-0.25, -0.2) is 4.98 Å². The highest BCUT2D eigenvalue weighted by Crippen LogP contribution is 2.21. The normalized spacial score (nSPS) is 13.1. The predicted octanol–water partition coefficient (Wildman–Crippen LogP) is 2.08. The van der Waals surface area contributed by atoms with E-state index in [0.717, 1.165) is 22.9 Å². The first kappa shape index (κ1) is 15.3. The van der Waals surface area contributed by atoms with E-state index in [9.17, 15) is 4.79 Å². The van der Waals surface area contributed by atoms with Crippen molar-refractivity contribution in [2.45, 2.75) is 46.6 Å². The summed E-state index contributed by atoms with van der Waals surface area (Å²) in [6.07, 6.45) is 0. The van der Waals surface area contributed by atoms with Crippen molar-refractivity contribution in [2.75, 3.05) is 5.32 Å². The summed E-state index contributed by atoms with van der Waals surface area (Å²) in [7, 11) is 0. The monoisotopic (exact) mass is 289 g/mol. The van der Waals surface area contributed by atoms with Crippen LogP contribution >= 0.6 is 0 Å². The molecule has 21 heavy (non-hydrogen) atoms. The molecule has 0 bridgehead atoms. The van der Waals surface area contributed by atoms with Gasteiger partial charge in [0, 0.05) is 17.8 Å². The molecule has 2 heterocycles. The smallest absolute Gasteiger partial charge is 0.240 e. The Morgan fingerprint density at radius 1 is 1.29 bits per heavy atom. The van der Waals surface area contributed by atoms with Gasteiger partial charge in [0.05, 0.1) is 5.69 Å². The lowest BCUT2D eigenvalue weighted by molar-refractivity contribution is -0.119. The van der Waals surface area contributed by atoms with E-state index in [0.29, 0.717) is 0 Å². The third kappa shape index (κ3) is 3.15. The van der Waals surface area contributed by atoms with Crippen molar-refractivity contribution < 1.29 is 4.79 Å². The van der Waals surface area contributed by atoms with Crippen molar-refractivity contribution in [1.82, 2.24) is 14.6 Å². The van der Waals surface area contributed by atoms with Crippen LogP contribution in [0.15, 0.2) is 12.1 Å². The molecule has 0 aliphatic carbocycles. The van der Waals surface area contributed by atoms with Crippen LogP contribution < -0.4 is 11.1 Å². The van der Waals surface area contributed by atoms with E-state index in [1.54, 1.807) is 4.52 Å². The molecule has 3 N–H and O–H groups in total. The zero-order valence-electron chi connectivity index (χ0n) is 13.2. The highest BCUT2D eigenvalue weighted by molar-refractivity contribution is 5.83. The minimum Gasteiger partial charge on any atom is -0.368 e. The summed E-state index contributed by atoms with van der Waals surface area (Å²) < 4.78 is 1.72. The first-order chi connectivity index (χ1) is 9.79. The fourth-order valence-electron chi connectivity index (χ4n) is 2.23. The van der Waals surface area contributed by atoms with Crippen LogP contribution in [0.4, 0.5) is 5.82 Å². The number of anilines is 1. The summed E-state index contributed by atoms with van der Waals surface area (Å²) in [5.74, 6) is 0.751. The van der Waals surface area contributed by atoms with Gasteiger partial charge in [0.15, 0.2) is 5.65 Å². The van der Waals surface area contributed by atoms with Crippen molar-refractivity contribution in [3.8, 4) is 0 Å². The van der Waals surface area contributed by atoms with Crippen LogP contribution in [-0.2, 0) is 4.79 Å². The van der Waals surface area contributed by atoms with Gasteiger partial charge in [0.25, 0.3) is 0 Å². The van der Waals surface area contributed by atoms with E-state index in [1.165, 1.54) is 0 Å². The van der Waals surface area contributed by atoms with Gasteiger partial charge in [0.1, 0.15) is 11.9 Å². The molecule has 0 spiro atoms. The molecule has 0 saturated carbocycles. The number of carbonyl (C=O) groups excluding carboxylic acids is 1. The number of fused-ring (bicyclic) bond motifs is 1. The molecular formula is C15H23N5O. The average molecular weight is 289 g/mol. The number of nitrogens with two attached hydrogens (primary N) is 1. The van der Waals surface area contributed by atoms with Crippen LogP contribution in [0, 0.1) is 12.8 Å². The molecular weight excluding hydrogens is 266 g/mol. The number of rotatable bonds is 5. The van der Waals surface area contributed by atoms with Gasteiger partial charge in [0.2, 0.25) is 5.91 Å². The fourth-order valence-corrected chi connectivity index (χ4v) is 2.23. The zero-order chi connectivity index (χ0) is 15.7. The Labute approximate surface area is 124 Å². The molecule has 114 valence electrons. The Balaban J connectivity index is 2.52. The Hall–Kier alpha value is -2.11. The van der Waals surface area contributed by atoms with Gasteiger partial charge in [-0.15, -0.1) is 0 Å². The molecule has 0 unspecified atom stereocenters. The number of primary amides is 1. The van der Waals surface area contributed by atoms with E-state index in [4.69, 9.17) is 5.73 Å². The minimum atomic E-state index is -0.444. The molecule has 6 heteroatoms. The van der Waals surface area contributed by atoms with Gasteiger partial charge in [-0.1, -0.05) is 27.7 Å². The maximum absolute atomic E-state index is 11.6. The average Bonchev–Trinajstić information content (AvgIpc) is 2.74. The number of hydrogen-bond acceptors (Lipinski definition) is 4. The summed E-state index contributed by atoms with van der Waals surface area (Å²) in [6.45, 7) is 10.00. The van der Waals surface area contributed by atoms with Gasteiger partial charge in [-0.05, 0) is 18.8 Å². The predicted molar refractivity (Wildman–Crippen MR) is 83.3 cm³/mol. The first-order valence-corrected chi connectivity index (χ1v) is 7.22. The molecule has 1 amide bonds. The molecule has 1 atom stereocenters. The van der Waals surface area contributed by atoms with Gasteiger partial charge in [-0.3, -0.25) is 4.79 Å². The summed E-state index contributed by atoms with van der Waals surface area (Å²) in [4.78, 5) is 16.2. The van der Waals surface area contributed by atoms with Crippen LogP contribution in [0.25, 0.3) is 5.65 Å². The lowest BCUT2D eigenvalue weighted by Crippen LogP contribution is -2.40. The Morgan fingerprint density at radius 3 is 2.48 bits per heavy atom. The highest BCUT2D eigenvalue weighted by Gasteiger charge is 2.21. The first-order valence-electron chi connectivity index (χ1n) is 7.22. The van der Waals surface area contributed by atoms with Crippen LogP contribution in [0.5, 0.6) is 0 Å². The van der Waals surface area contributed by atoms with E-state index < -0.39 is 6.04 Å². The van der Waals surface area contributed by atoms with Crippen LogP contribution in [0.3, 0.4) is 0 Å². The van der Waals surface area contributed by atoms with E-state index >= 15 is 0 Å². The Morgan fingerprint density at radius 2 is 1.95 bits per heavy atom. The molecule has 0 fully saturated rings. The fraction of sp³-hybridized carbons (Fsp3) is 0.533. The summed E-state index contributed by atoms with van der Waals surface area (Å²) in [6, 6.07) is 3.41. The van der Waals surface area contributed by atoms with E-state index in [-0.39, 0.29) is 17.7 Å². The van der Waals surface area contributed by atoms with Crippen molar-refractivity contribution in [1.29, 1.82) is 0 Å². The van der Waals surface area contributed by atoms with Crippen LogP contribution in [-0.4, -0.2) is 26.5 Å². The second-order valence-corrected chi connectivity index (χ2v) is 6.05. The number of nitrogens with one attached hydrogen (secondary N) is 1. The number of amides is 1. The topological polar surface area (TPSA) is 85.3 Å². The molecule has 0 aromatic carbocycles. The number of nitrogens with zero attached hydrogens (tertiary/aromatic N) is 3. The van der Waals surface area contributed by atoms with Crippen molar-refractivity contribution >= 4 is 17.4 Å². The Bertz CT molecular complexity index is 659. The van der Waals surface area contributed by atoms with Gasteiger partial charge < -0.3 is 11.1 Å². The molecule has 0 radical (unpaired) electrons. The third-order valence-corrected chi connectivity index (χ3v) is 3.44. The number of carbonyl (C=O) groups is 1. The summed E-state index contributed by atoms with van der Waals surface area (Å²) in [5.41, 5.74) is 8.09. The molecule has 6 nitrogen and oxygen atoms in total. The van der Waals surface area contributed by atoms with E-state index in [1.807, 2.05) is 32.9 Å². The number of aromatic nitrogens is 3. The van der Waals surface area contributed by atoms with Crippen LogP contribution in [0.2, 0.25) is 0 Å². The SMILES string of the molecule is Cc1cc2nc(C(C)C)cc(N[C@H](C(N)=O)C(C)C)n2n1. The van der Waals surface area contributed by atoms with Crippen molar-refractivity contribution in [3.05, 3.63) is 23.5 Å². The molecule has 2 rings (SSSR count). The number of hydrogen-bond donors (Lipinski definition) is 2. The molecule has 0 aliphatic heterocycles. The molecule has 2 aromatic rings. The largest absolute Gasteiger partial charge is 0.368 e. The zero-order valence-corrected chi connectivity index (χ0v) is 13.2. The lowest BCUT2D eigenvalue weighted by Gasteiger charge is -2.21. The van der Waals surface area contributed by atoms with E-state index in [2.05, 4.69) is 29.2 Å². The molecule has 2 aromatic heterocycles. The van der Waals surface area contributed by atoms with Gasteiger partial charge >= 0.3 is 0 Å². The van der Waals surface area contributed by atoms with Crippen molar-refractivity contribution in [3.63, 3.8) is 0 Å².